The third kappa shape index (κ3) is 2.65. The maximum atomic E-state index is 5.06. The lowest BCUT2D eigenvalue weighted by molar-refractivity contribution is 0.426. The number of nitrogens with zero attached hydrogens (tertiary/aromatic N) is 1. The zero-order valence-corrected chi connectivity index (χ0v) is 10.4. The number of aryl methyl sites for hydroxylation is 1. The maximum Gasteiger partial charge on any atom is 0.0556 e. The minimum absolute atomic E-state index is 0.661. The number of nitrogens with two attached hydrogens (primary N) is 1. The Morgan fingerprint density at radius 1 is 1.41 bits per heavy atom. The van der Waals surface area contributed by atoms with Gasteiger partial charge in [-0.05, 0) is 47.4 Å². The van der Waals surface area contributed by atoms with Gasteiger partial charge in [-0.1, -0.05) is 26.0 Å². The summed E-state index contributed by atoms with van der Waals surface area (Å²) in [5.41, 5.74) is 8.81. The number of hydrogen-bond acceptors (Lipinski definition) is 4. The lowest BCUT2D eigenvalue weighted by Gasteiger charge is -2.28. The third-order valence-corrected chi connectivity index (χ3v) is 3.72. The molecule has 1 aromatic carbocycles. The predicted octanol–water partition coefficient (Wildman–Crippen LogP) is 1.67. The zero-order chi connectivity index (χ0) is 12.3. The molecule has 0 aliphatic heterocycles. The van der Waals surface area contributed by atoms with Crippen molar-refractivity contribution in [2.75, 3.05) is 0 Å². The smallest absolute Gasteiger partial charge is 0.0556 e. The van der Waals surface area contributed by atoms with Gasteiger partial charge < -0.3 is 0 Å². The normalized spacial score (nSPS) is 23.7. The lowest BCUT2D eigenvalue weighted by atomic mass is 9.77. The standard InChI is InChI=1S/C13H20N4/c1-9-3-5-12-7-11(8-15-17-16-14)4-6-13(12)10(9)2/h4,6-10,16-17H,3,5,14H2,1-2H3/b15-8+. The van der Waals surface area contributed by atoms with Crippen LogP contribution in [0.1, 0.15) is 42.9 Å². The van der Waals surface area contributed by atoms with Crippen molar-refractivity contribution in [3.8, 4) is 0 Å². The van der Waals surface area contributed by atoms with Gasteiger partial charge in [0.15, 0.2) is 0 Å². The fourth-order valence-corrected chi connectivity index (χ4v) is 2.45. The summed E-state index contributed by atoms with van der Waals surface area (Å²) in [5.74, 6) is 6.51. The zero-order valence-electron chi connectivity index (χ0n) is 10.4. The van der Waals surface area contributed by atoms with Crippen molar-refractivity contribution < 1.29 is 0 Å². The maximum absolute atomic E-state index is 5.06. The Morgan fingerprint density at radius 3 is 3.00 bits per heavy atom. The molecule has 0 aromatic heterocycles. The summed E-state index contributed by atoms with van der Waals surface area (Å²) in [6.07, 6.45) is 4.21. The van der Waals surface area contributed by atoms with E-state index in [2.05, 4.69) is 48.2 Å². The van der Waals surface area contributed by atoms with Crippen molar-refractivity contribution >= 4 is 6.21 Å². The van der Waals surface area contributed by atoms with E-state index in [0.717, 1.165) is 11.5 Å². The van der Waals surface area contributed by atoms with E-state index in [1.54, 1.807) is 6.21 Å². The van der Waals surface area contributed by atoms with Gasteiger partial charge in [-0.3, -0.25) is 5.84 Å². The van der Waals surface area contributed by atoms with E-state index < -0.39 is 0 Å². The van der Waals surface area contributed by atoms with Crippen LogP contribution in [0, 0.1) is 5.92 Å². The molecule has 4 heteroatoms. The summed E-state index contributed by atoms with van der Waals surface area (Å²) in [4.78, 5) is 0. The van der Waals surface area contributed by atoms with E-state index >= 15 is 0 Å². The van der Waals surface area contributed by atoms with Crippen molar-refractivity contribution in [1.82, 2.24) is 11.1 Å². The summed E-state index contributed by atoms with van der Waals surface area (Å²) >= 11 is 0. The number of nitrogens with one attached hydrogen (secondary N) is 2. The van der Waals surface area contributed by atoms with Crippen molar-refractivity contribution in [2.45, 2.75) is 32.6 Å². The summed E-state index contributed by atoms with van der Waals surface area (Å²) < 4.78 is 0. The molecule has 0 fully saturated rings. The number of hydrogen-bond donors (Lipinski definition) is 3. The van der Waals surface area contributed by atoms with E-state index in [9.17, 15) is 0 Å². The summed E-state index contributed by atoms with van der Waals surface area (Å²) in [6, 6.07) is 6.56. The molecule has 4 N–H and O–H groups in total. The topological polar surface area (TPSA) is 62.4 Å². The number of benzene rings is 1. The van der Waals surface area contributed by atoms with Gasteiger partial charge in [0.25, 0.3) is 0 Å². The Balaban J connectivity index is 2.20. The van der Waals surface area contributed by atoms with Gasteiger partial charge in [0, 0.05) is 0 Å². The van der Waals surface area contributed by atoms with E-state index in [-0.39, 0.29) is 0 Å². The Bertz CT molecular complexity index is 414. The van der Waals surface area contributed by atoms with E-state index in [4.69, 9.17) is 5.84 Å². The van der Waals surface area contributed by atoms with Crippen LogP contribution in [0.25, 0.3) is 0 Å². The summed E-state index contributed by atoms with van der Waals surface area (Å²) in [5, 5.41) is 3.93. The van der Waals surface area contributed by atoms with E-state index in [1.165, 1.54) is 24.0 Å². The second-order valence-corrected chi connectivity index (χ2v) is 4.78. The van der Waals surface area contributed by atoms with Crippen molar-refractivity contribution in [2.24, 2.45) is 16.9 Å². The fraction of sp³-hybridized carbons (Fsp3) is 0.462. The Morgan fingerprint density at radius 2 is 2.24 bits per heavy atom. The SMILES string of the molecule is CC1CCc2cc(/C=N/NNN)ccc2C1C. The van der Waals surface area contributed by atoms with Gasteiger partial charge in [0.1, 0.15) is 0 Å². The van der Waals surface area contributed by atoms with Crippen molar-refractivity contribution in [3.63, 3.8) is 0 Å². The van der Waals surface area contributed by atoms with Crippen LogP contribution in [-0.2, 0) is 6.42 Å². The highest BCUT2D eigenvalue weighted by atomic mass is 15.6. The van der Waals surface area contributed by atoms with E-state index in [0.29, 0.717) is 5.92 Å². The van der Waals surface area contributed by atoms with Gasteiger partial charge in [0.2, 0.25) is 0 Å². The number of hydrazine groups is 2. The Labute approximate surface area is 102 Å². The van der Waals surface area contributed by atoms with Crippen LogP contribution in [0.4, 0.5) is 0 Å². The molecule has 0 bridgehead atoms. The molecule has 0 spiro atoms. The molecule has 2 atom stereocenters. The fourth-order valence-electron chi connectivity index (χ4n) is 2.45. The van der Waals surface area contributed by atoms with Crippen LogP contribution >= 0.6 is 0 Å². The first-order valence-electron chi connectivity index (χ1n) is 6.09. The summed E-state index contributed by atoms with van der Waals surface area (Å²) in [6.45, 7) is 4.65. The van der Waals surface area contributed by atoms with Crippen molar-refractivity contribution in [3.05, 3.63) is 34.9 Å². The quantitative estimate of drug-likeness (QED) is 0.422. The first-order chi connectivity index (χ1) is 8.22. The van der Waals surface area contributed by atoms with Crippen LogP contribution < -0.4 is 16.9 Å². The van der Waals surface area contributed by atoms with Crippen LogP contribution in [-0.4, -0.2) is 6.21 Å². The first-order valence-corrected chi connectivity index (χ1v) is 6.09. The lowest BCUT2D eigenvalue weighted by Crippen LogP contribution is -2.33. The highest BCUT2D eigenvalue weighted by Gasteiger charge is 2.22. The minimum Gasteiger partial charge on any atom is -0.252 e. The molecule has 2 rings (SSSR count). The number of fused-ring (bicyclic) bond motifs is 1. The van der Waals surface area contributed by atoms with Gasteiger partial charge >= 0.3 is 0 Å². The second-order valence-electron chi connectivity index (χ2n) is 4.78. The molecule has 1 aromatic rings. The molecule has 0 amide bonds. The number of hydrazone groups is 1. The highest BCUT2D eigenvalue weighted by Crippen LogP contribution is 2.35. The molecular weight excluding hydrogens is 212 g/mol. The van der Waals surface area contributed by atoms with Gasteiger partial charge in [-0.2, -0.15) is 10.6 Å². The average molecular weight is 232 g/mol. The molecule has 0 saturated heterocycles. The van der Waals surface area contributed by atoms with Crippen molar-refractivity contribution in [1.29, 1.82) is 0 Å². The van der Waals surface area contributed by atoms with E-state index in [1.807, 2.05) is 0 Å². The van der Waals surface area contributed by atoms with Crippen LogP contribution in [0.2, 0.25) is 0 Å². The van der Waals surface area contributed by atoms with Gasteiger partial charge in [-0.25, -0.2) is 5.53 Å². The molecule has 92 valence electrons. The third-order valence-electron chi connectivity index (χ3n) is 3.72. The van der Waals surface area contributed by atoms with Gasteiger partial charge in [-0.15, -0.1) is 0 Å². The predicted molar refractivity (Wildman–Crippen MR) is 70.4 cm³/mol. The monoisotopic (exact) mass is 232 g/mol. The van der Waals surface area contributed by atoms with Crippen LogP contribution in [0.5, 0.6) is 0 Å². The van der Waals surface area contributed by atoms with Gasteiger partial charge in [0.05, 0.1) is 6.21 Å². The van der Waals surface area contributed by atoms with Crippen LogP contribution in [0.15, 0.2) is 23.3 Å². The summed E-state index contributed by atoms with van der Waals surface area (Å²) in [7, 11) is 0. The largest absolute Gasteiger partial charge is 0.252 e. The first kappa shape index (κ1) is 12.1. The molecule has 0 radical (unpaired) electrons. The molecule has 2 unspecified atom stereocenters. The average Bonchev–Trinajstić information content (AvgIpc) is 2.34. The molecule has 0 saturated carbocycles. The number of rotatable bonds is 3. The molecule has 4 nitrogen and oxygen atoms in total. The molecular formula is C13H20N4. The molecule has 1 aliphatic carbocycles. The Kier molecular flexibility index (Phi) is 3.76. The second kappa shape index (κ2) is 5.29. The molecule has 1 aliphatic rings. The minimum atomic E-state index is 0.661. The van der Waals surface area contributed by atoms with Crippen LogP contribution in [0.3, 0.4) is 0 Å². The Hall–Kier alpha value is -1.39. The highest BCUT2D eigenvalue weighted by molar-refractivity contribution is 5.79. The molecule has 0 heterocycles. The molecule has 17 heavy (non-hydrogen) atoms.